The number of hydrogen-bond donors (Lipinski definition) is 2. The molecule has 132 valence electrons. The summed E-state index contributed by atoms with van der Waals surface area (Å²) < 4.78 is 41.7. The van der Waals surface area contributed by atoms with Gasteiger partial charge in [-0.25, -0.2) is 13.2 Å². The summed E-state index contributed by atoms with van der Waals surface area (Å²) >= 11 is 6.14. The summed E-state index contributed by atoms with van der Waals surface area (Å²) in [4.78, 5) is 0. The Hall–Kier alpha value is -2.40. The zero-order chi connectivity index (χ0) is 18.7. The number of alkyl halides is 1. The first-order valence-corrected chi connectivity index (χ1v) is 7.88. The number of hydrogen-bond acceptors (Lipinski definition) is 2. The van der Waals surface area contributed by atoms with Gasteiger partial charge in [-0.2, -0.15) is 0 Å². The van der Waals surface area contributed by atoms with Crippen LogP contribution in [0.15, 0.2) is 49.2 Å². The Balaban J connectivity index is 2.32. The van der Waals surface area contributed by atoms with Gasteiger partial charge < -0.3 is 10.6 Å². The van der Waals surface area contributed by atoms with Crippen LogP contribution in [0.25, 0.3) is 5.70 Å². The van der Waals surface area contributed by atoms with E-state index in [2.05, 4.69) is 23.8 Å². The fourth-order valence-corrected chi connectivity index (χ4v) is 2.36. The van der Waals surface area contributed by atoms with E-state index in [0.29, 0.717) is 16.3 Å². The lowest BCUT2D eigenvalue weighted by molar-refractivity contribution is 0.413. The highest BCUT2D eigenvalue weighted by Crippen LogP contribution is 2.31. The third-order valence-electron chi connectivity index (χ3n) is 3.59. The van der Waals surface area contributed by atoms with Crippen LogP contribution in [-0.4, -0.2) is 6.17 Å². The Morgan fingerprint density at radius 1 is 1.12 bits per heavy atom. The van der Waals surface area contributed by atoms with Crippen LogP contribution in [0, 0.1) is 18.6 Å². The lowest BCUT2D eigenvalue weighted by Crippen LogP contribution is -2.11. The monoisotopic (exact) mass is 366 g/mol. The zero-order valence-electron chi connectivity index (χ0n) is 13.9. The van der Waals surface area contributed by atoms with Crippen LogP contribution in [0.5, 0.6) is 0 Å². The first kappa shape index (κ1) is 18.9. The molecule has 0 fully saturated rings. The molecular formula is C19H18ClF3N2. The van der Waals surface area contributed by atoms with E-state index < -0.39 is 23.5 Å². The molecular weight excluding hydrogens is 349 g/mol. The Labute approximate surface area is 150 Å². The van der Waals surface area contributed by atoms with Crippen molar-refractivity contribution in [3.63, 3.8) is 0 Å². The number of halogens is 4. The highest BCUT2D eigenvalue weighted by atomic mass is 35.5. The second kappa shape index (κ2) is 7.66. The molecule has 2 aromatic carbocycles. The largest absolute Gasteiger partial charge is 0.353 e. The quantitative estimate of drug-likeness (QED) is 0.627. The third-order valence-corrected chi connectivity index (χ3v) is 3.92. The minimum absolute atomic E-state index is 0.0224. The van der Waals surface area contributed by atoms with E-state index in [9.17, 15) is 13.2 Å². The van der Waals surface area contributed by atoms with Gasteiger partial charge in [-0.15, -0.1) is 0 Å². The van der Waals surface area contributed by atoms with Crippen LogP contribution in [0.3, 0.4) is 0 Å². The molecule has 0 saturated heterocycles. The molecule has 2 aromatic rings. The van der Waals surface area contributed by atoms with Crippen molar-refractivity contribution in [3.8, 4) is 0 Å². The molecule has 0 aromatic heterocycles. The van der Waals surface area contributed by atoms with Gasteiger partial charge in [-0.3, -0.25) is 0 Å². The minimum Gasteiger partial charge on any atom is -0.353 e. The normalized spacial score (nSPS) is 11.8. The van der Waals surface area contributed by atoms with Crippen molar-refractivity contribution in [2.75, 3.05) is 10.6 Å². The van der Waals surface area contributed by atoms with E-state index in [1.165, 1.54) is 13.0 Å². The van der Waals surface area contributed by atoms with Gasteiger partial charge in [-0.05, 0) is 38.1 Å². The van der Waals surface area contributed by atoms with Crippen LogP contribution in [0.2, 0.25) is 5.02 Å². The van der Waals surface area contributed by atoms with Crippen molar-refractivity contribution in [1.82, 2.24) is 0 Å². The summed E-state index contributed by atoms with van der Waals surface area (Å²) in [5.74, 6) is -1.77. The van der Waals surface area contributed by atoms with Crippen LogP contribution in [-0.2, 0) is 0 Å². The Morgan fingerprint density at radius 3 is 2.44 bits per heavy atom. The molecule has 0 aliphatic heterocycles. The first-order valence-electron chi connectivity index (χ1n) is 7.51. The van der Waals surface area contributed by atoms with Crippen molar-refractivity contribution in [3.05, 3.63) is 77.0 Å². The number of aryl methyl sites for hydroxylation is 1. The summed E-state index contributed by atoms with van der Waals surface area (Å²) in [7, 11) is 0. The first-order chi connectivity index (χ1) is 11.7. The fourth-order valence-electron chi connectivity index (χ4n) is 2.12. The topological polar surface area (TPSA) is 24.1 Å². The van der Waals surface area contributed by atoms with Crippen molar-refractivity contribution in [2.24, 2.45) is 0 Å². The summed E-state index contributed by atoms with van der Waals surface area (Å²) in [6, 6.07) is 7.63. The lowest BCUT2D eigenvalue weighted by atomic mass is 10.1. The van der Waals surface area contributed by atoms with Gasteiger partial charge in [0.25, 0.3) is 0 Å². The van der Waals surface area contributed by atoms with Gasteiger partial charge in [0.15, 0.2) is 5.82 Å². The Kier molecular flexibility index (Phi) is 5.80. The van der Waals surface area contributed by atoms with Crippen molar-refractivity contribution in [2.45, 2.75) is 20.0 Å². The SMILES string of the molecule is C=C(Nc1ccc(F)c(NC(=C)C(C)F)c1F)c1cc(C)ccc1Cl. The standard InChI is InChI=1S/C19H18ClF3N2/c1-10-5-6-15(20)14(9-10)13(4)24-17-8-7-16(22)19(18(17)23)25-12(3)11(2)21/h5-9,11,24-25H,3-4H2,1-2H3. The highest BCUT2D eigenvalue weighted by molar-refractivity contribution is 6.32. The van der Waals surface area contributed by atoms with E-state index in [1.54, 1.807) is 12.1 Å². The van der Waals surface area contributed by atoms with Crippen LogP contribution >= 0.6 is 11.6 Å². The van der Waals surface area contributed by atoms with Gasteiger partial charge in [-0.1, -0.05) is 36.4 Å². The maximum absolute atomic E-state index is 14.6. The molecule has 0 amide bonds. The number of allylic oxidation sites excluding steroid dienone is 1. The van der Waals surface area contributed by atoms with Gasteiger partial charge in [0.1, 0.15) is 17.7 Å². The third kappa shape index (κ3) is 4.37. The summed E-state index contributed by atoms with van der Waals surface area (Å²) in [5.41, 5.74) is 1.26. The molecule has 6 heteroatoms. The van der Waals surface area contributed by atoms with Crippen molar-refractivity contribution < 1.29 is 13.2 Å². The summed E-state index contributed by atoms with van der Waals surface area (Å²) in [6.07, 6.45) is -1.46. The van der Waals surface area contributed by atoms with Crippen molar-refractivity contribution >= 4 is 28.7 Å². The molecule has 2 rings (SSSR count). The molecule has 0 spiro atoms. The molecule has 0 radical (unpaired) electrons. The fraction of sp³-hybridized carbons (Fsp3) is 0.158. The van der Waals surface area contributed by atoms with E-state index in [-0.39, 0.29) is 11.4 Å². The molecule has 25 heavy (non-hydrogen) atoms. The maximum atomic E-state index is 14.6. The summed E-state index contributed by atoms with van der Waals surface area (Å²) in [5, 5.41) is 5.57. The molecule has 0 saturated carbocycles. The predicted octanol–water partition coefficient (Wildman–Crippen LogP) is 6.29. The number of anilines is 2. The smallest absolute Gasteiger partial charge is 0.173 e. The van der Waals surface area contributed by atoms with Gasteiger partial charge in [0.2, 0.25) is 0 Å². The molecule has 0 aliphatic carbocycles. The van der Waals surface area contributed by atoms with E-state index >= 15 is 0 Å². The minimum atomic E-state index is -1.46. The van der Waals surface area contributed by atoms with E-state index in [0.717, 1.165) is 11.6 Å². The second-order valence-corrected chi connectivity index (χ2v) is 6.04. The van der Waals surface area contributed by atoms with E-state index in [4.69, 9.17) is 11.6 Å². The number of nitrogens with one attached hydrogen (secondary N) is 2. The molecule has 2 nitrogen and oxygen atoms in total. The molecule has 1 atom stereocenters. The molecule has 1 unspecified atom stereocenters. The van der Waals surface area contributed by atoms with Crippen LogP contribution < -0.4 is 10.6 Å². The van der Waals surface area contributed by atoms with Crippen LogP contribution in [0.1, 0.15) is 18.1 Å². The maximum Gasteiger partial charge on any atom is 0.173 e. The predicted molar refractivity (Wildman–Crippen MR) is 98.5 cm³/mol. The van der Waals surface area contributed by atoms with E-state index in [1.807, 2.05) is 13.0 Å². The molecule has 2 N–H and O–H groups in total. The molecule has 0 bridgehead atoms. The average molecular weight is 367 g/mol. The van der Waals surface area contributed by atoms with Crippen LogP contribution in [0.4, 0.5) is 24.5 Å². The zero-order valence-corrected chi connectivity index (χ0v) is 14.6. The molecule has 0 heterocycles. The Morgan fingerprint density at radius 2 is 1.80 bits per heavy atom. The second-order valence-electron chi connectivity index (χ2n) is 5.64. The molecule has 0 aliphatic rings. The number of rotatable bonds is 6. The number of benzene rings is 2. The van der Waals surface area contributed by atoms with Crippen molar-refractivity contribution in [1.29, 1.82) is 0 Å². The van der Waals surface area contributed by atoms with Gasteiger partial charge in [0.05, 0.1) is 5.69 Å². The highest BCUT2D eigenvalue weighted by Gasteiger charge is 2.17. The Bertz CT molecular complexity index is 832. The average Bonchev–Trinajstić information content (AvgIpc) is 2.55. The lowest BCUT2D eigenvalue weighted by Gasteiger charge is -2.17. The van der Waals surface area contributed by atoms with Gasteiger partial charge >= 0.3 is 0 Å². The van der Waals surface area contributed by atoms with Gasteiger partial charge in [0, 0.05) is 22.0 Å². The summed E-state index contributed by atoms with van der Waals surface area (Å²) in [6.45, 7) is 10.4.